The second-order valence-electron chi connectivity index (χ2n) is 4.62. The predicted molar refractivity (Wildman–Crippen MR) is 74.0 cm³/mol. The minimum Gasteiger partial charge on any atom is -0.349 e. The number of pyridine rings is 1. The maximum absolute atomic E-state index is 11.6. The highest BCUT2D eigenvalue weighted by atomic mass is 32.1. The summed E-state index contributed by atoms with van der Waals surface area (Å²) in [7, 11) is 1.79. The van der Waals surface area contributed by atoms with E-state index in [1.165, 1.54) is 0 Å². The number of rotatable bonds is 3. The zero-order valence-corrected chi connectivity index (χ0v) is 11.4. The zero-order chi connectivity index (χ0) is 13.1. The van der Waals surface area contributed by atoms with Crippen LogP contribution in [0.5, 0.6) is 0 Å². The Bertz CT molecular complexity index is 510. The fourth-order valence-electron chi connectivity index (χ4n) is 2.47. The quantitative estimate of drug-likeness (QED) is 0.808. The van der Waals surface area contributed by atoms with Gasteiger partial charge in [0.05, 0.1) is 6.04 Å². The van der Waals surface area contributed by atoms with Crippen LogP contribution in [0.4, 0.5) is 0 Å². The van der Waals surface area contributed by atoms with Gasteiger partial charge in [-0.2, -0.15) is 12.6 Å². The highest BCUT2D eigenvalue weighted by Gasteiger charge is 2.23. The lowest BCUT2D eigenvalue weighted by Gasteiger charge is -2.27. The van der Waals surface area contributed by atoms with Gasteiger partial charge in [0, 0.05) is 25.2 Å². The number of nitrogens with zero attached hydrogens (tertiary/aromatic N) is 1. The molecule has 1 unspecified atom stereocenters. The van der Waals surface area contributed by atoms with Crippen molar-refractivity contribution in [3.05, 3.63) is 33.7 Å². The highest BCUT2D eigenvalue weighted by Crippen LogP contribution is 2.28. The van der Waals surface area contributed by atoms with E-state index in [1.807, 2.05) is 6.07 Å². The van der Waals surface area contributed by atoms with E-state index in [0.717, 1.165) is 30.5 Å². The lowest BCUT2D eigenvalue weighted by molar-refractivity contribution is -0.121. The van der Waals surface area contributed by atoms with Gasteiger partial charge in [0.25, 0.3) is 0 Å². The molecular formula is C13H18N2O2S. The summed E-state index contributed by atoms with van der Waals surface area (Å²) in [6, 6.07) is 3.46. The zero-order valence-electron chi connectivity index (χ0n) is 10.5. The molecule has 0 radical (unpaired) electrons. The summed E-state index contributed by atoms with van der Waals surface area (Å²) in [4.78, 5) is 23.2. The Morgan fingerprint density at radius 1 is 1.56 bits per heavy atom. The molecule has 1 heterocycles. The third-order valence-electron chi connectivity index (χ3n) is 3.43. The van der Waals surface area contributed by atoms with Crippen molar-refractivity contribution in [1.82, 2.24) is 9.88 Å². The van der Waals surface area contributed by atoms with Gasteiger partial charge in [-0.1, -0.05) is 0 Å². The Balaban J connectivity index is 2.26. The van der Waals surface area contributed by atoms with Gasteiger partial charge in [-0.05, 0) is 36.6 Å². The first-order valence-corrected chi connectivity index (χ1v) is 6.85. The Hall–Kier alpha value is -1.23. The van der Waals surface area contributed by atoms with E-state index in [1.54, 1.807) is 17.7 Å². The van der Waals surface area contributed by atoms with Gasteiger partial charge in [-0.25, -0.2) is 0 Å². The maximum atomic E-state index is 11.6. The van der Waals surface area contributed by atoms with Crippen LogP contribution in [0.15, 0.2) is 16.9 Å². The fraction of sp³-hybridized carbons (Fsp3) is 0.538. The molecule has 2 rings (SSSR count). The standard InChI is InChI=1S/C13H18N2O2S/c1-15-11-4-2-3-10(14-12(16)7-8-18)9(11)5-6-13(15)17/h5-6,10,18H,2-4,7-8H2,1H3,(H,14,16). The van der Waals surface area contributed by atoms with Crippen LogP contribution in [0, 0.1) is 0 Å². The van der Waals surface area contributed by atoms with E-state index in [4.69, 9.17) is 0 Å². The summed E-state index contributed by atoms with van der Waals surface area (Å²) < 4.78 is 1.69. The first kappa shape index (κ1) is 13.2. The summed E-state index contributed by atoms with van der Waals surface area (Å²) >= 11 is 4.06. The Labute approximate surface area is 112 Å². The predicted octanol–water partition coefficient (Wildman–Crippen LogP) is 1.20. The number of fused-ring (bicyclic) bond motifs is 1. The number of amides is 1. The number of carbonyl (C=O) groups excluding carboxylic acids is 1. The molecule has 1 aliphatic rings. The van der Waals surface area contributed by atoms with Crippen LogP contribution in [-0.2, 0) is 18.3 Å². The van der Waals surface area contributed by atoms with Crippen molar-refractivity contribution in [2.24, 2.45) is 7.05 Å². The molecule has 5 heteroatoms. The molecule has 0 aliphatic heterocycles. The smallest absolute Gasteiger partial charge is 0.250 e. The normalized spacial score (nSPS) is 18.2. The second-order valence-corrected chi connectivity index (χ2v) is 5.07. The number of thiol groups is 1. The first-order valence-electron chi connectivity index (χ1n) is 6.22. The van der Waals surface area contributed by atoms with Crippen molar-refractivity contribution in [2.75, 3.05) is 5.75 Å². The van der Waals surface area contributed by atoms with Gasteiger partial charge >= 0.3 is 0 Å². The van der Waals surface area contributed by atoms with Crippen molar-refractivity contribution in [2.45, 2.75) is 31.7 Å². The SMILES string of the molecule is Cn1c2c(ccc1=O)C(NC(=O)CCS)CCC2. The molecule has 98 valence electrons. The van der Waals surface area contributed by atoms with Crippen LogP contribution in [0.2, 0.25) is 0 Å². The van der Waals surface area contributed by atoms with Gasteiger partial charge in [0.2, 0.25) is 11.5 Å². The third kappa shape index (κ3) is 2.61. The topological polar surface area (TPSA) is 51.1 Å². The van der Waals surface area contributed by atoms with E-state index in [2.05, 4.69) is 17.9 Å². The van der Waals surface area contributed by atoms with Crippen LogP contribution >= 0.6 is 12.6 Å². The molecule has 0 spiro atoms. The third-order valence-corrected chi connectivity index (χ3v) is 3.65. The summed E-state index contributed by atoms with van der Waals surface area (Å²) in [6.45, 7) is 0. The highest BCUT2D eigenvalue weighted by molar-refractivity contribution is 7.80. The van der Waals surface area contributed by atoms with Crippen molar-refractivity contribution in [3.63, 3.8) is 0 Å². The van der Waals surface area contributed by atoms with E-state index in [0.29, 0.717) is 12.2 Å². The summed E-state index contributed by atoms with van der Waals surface area (Å²) in [6.07, 6.45) is 3.27. The van der Waals surface area contributed by atoms with Crippen LogP contribution in [0.25, 0.3) is 0 Å². The molecule has 0 aromatic carbocycles. The van der Waals surface area contributed by atoms with Crippen LogP contribution in [-0.4, -0.2) is 16.2 Å². The summed E-state index contributed by atoms with van der Waals surface area (Å²) in [5.41, 5.74) is 2.14. The van der Waals surface area contributed by atoms with E-state index in [9.17, 15) is 9.59 Å². The maximum Gasteiger partial charge on any atom is 0.250 e. The van der Waals surface area contributed by atoms with Crippen molar-refractivity contribution in [1.29, 1.82) is 0 Å². The molecule has 1 aliphatic carbocycles. The average Bonchev–Trinajstić information content (AvgIpc) is 2.35. The Kier molecular flexibility index (Phi) is 4.11. The molecule has 1 N–H and O–H groups in total. The molecular weight excluding hydrogens is 248 g/mol. The minimum atomic E-state index is 0.0103. The molecule has 4 nitrogen and oxygen atoms in total. The molecule has 0 saturated carbocycles. The second kappa shape index (κ2) is 5.61. The minimum absolute atomic E-state index is 0.0103. The average molecular weight is 266 g/mol. The van der Waals surface area contributed by atoms with E-state index < -0.39 is 0 Å². The molecule has 0 saturated heterocycles. The van der Waals surface area contributed by atoms with E-state index in [-0.39, 0.29) is 17.5 Å². The van der Waals surface area contributed by atoms with Gasteiger partial charge in [-0.15, -0.1) is 0 Å². The molecule has 1 amide bonds. The van der Waals surface area contributed by atoms with Crippen LogP contribution in [0.3, 0.4) is 0 Å². The lowest BCUT2D eigenvalue weighted by atomic mass is 9.91. The molecule has 1 atom stereocenters. The van der Waals surface area contributed by atoms with Gasteiger partial charge in [-0.3, -0.25) is 9.59 Å². The number of hydrogen-bond acceptors (Lipinski definition) is 3. The molecule has 0 bridgehead atoms. The van der Waals surface area contributed by atoms with Crippen molar-refractivity contribution >= 4 is 18.5 Å². The van der Waals surface area contributed by atoms with E-state index >= 15 is 0 Å². The summed E-state index contributed by atoms with van der Waals surface area (Å²) in [5.74, 6) is 0.579. The molecule has 1 aromatic heterocycles. The molecule has 18 heavy (non-hydrogen) atoms. The number of aromatic nitrogens is 1. The van der Waals surface area contributed by atoms with Gasteiger partial charge in [0.15, 0.2) is 0 Å². The van der Waals surface area contributed by atoms with Gasteiger partial charge < -0.3 is 9.88 Å². The van der Waals surface area contributed by atoms with Crippen LogP contribution < -0.4 is 10.9 Å². The van der Waals surface area contributed by atoms with Crippen molar-refractivity contribution < 1.29 is 4.79 Å². The lowest BCUT2D eigenvalue weighted by Crippen LogP contribution is -2.34. The Morgan fingerprint density at radius 2 is 2.33 bits per heavy atom. The number of nitrogens with one attached hydrogen (secondary N) is 1. The first-order chi connectivity index (χ1) is 8.63. The van der Waals surface area contributed by atoms with Crippen molar-refractivity contribution in [3.8, 4) is 0 Å². The van der Waals surface area contributed by atoms with Gasteiger partial charge in [0.1, 0.15) is 0 Å². The van der Waals surface area contributed by atoms with Crippen LogP contribution in [0.1, 0.15) is 36.6 Å². The molecule has 1 aromatic rings. The monoisotopic (exact) mass is 266 g/mol. The summed E-state index contributed by atoms with van der Waals surface area (Å²) in [5, 5.41) is 3.02. The fourth-order valence-corrected chi connectivity index (χ4v) is 2.68. The number of hydrogen-bond donors (Lipinski definition) is 2. The number of carbonyl (C=O) groups is 1. The molecule has 0 fully saturated rings. The largest absolute Gasteiger partial charge is 0.349 e. The Morgan fingerprint density at radius 3 is 3.06 bits per heavy atom.